The van der Waals surface area contributed by atoms with Crippen LogP contribution in [0.25, 0.3) is 0 Å². The molecule has 2 aliphatic rings. The predicted octanol–water partition coefficient (Wildman–Crippen LogP) is 2.91. The standard InChI is InChI=1S/C19H20O4/c1-3-7-14(8-4-1)11-20-17-16-13-22-19(23-16)18(17)21-12-15-9-5-2-6-10-15/h1-10,16-19H,11-13H2/t16-,17-,18-,19-/m1/s1. The van der Waals surface area contributed by atoms with Crippen molar-refractivity contribution in [2.45, 2.75) is 37.8 Å². The largest absolute Gasteiger partial charge is 0.368 e. The highest BCUT2D eigenvalue weighted by Gasteiger charge is 2.52. The van der Waals surface area contributed by atoms with E-state index in [1.165, 1.54) is 0 Å². The van der Waals surface area contributed by atoms with E-state index in [1.807, 2.05) is 36.4 Å². The maximum absolute atomic E-state index is 6.09. The SMILES string of the molecule is c1ccc(CO[C@H]2[C@@H]3OC[C@@H](O3)[C@H]2OCc2ccccc2)cc1. The molecule has 2 heterocycles. The summed E-state index contributed by atoms with van der Waals surface area (Å²) in [6, 6.07) is 20.3. The maximum atomic E-state index is 6.09. The highest BCUT2D eigenvalue weighted by Crippen LogP contribution is 2.34. The summed E-state index contributed by atoms with van der Waals surface area (Å²) in [6.45, 7) is 1.67. The molecule has 2 bridgehead atoms. The number of fused-ring (bicyclic) bond motifs is 2. The van der Waals surface area contributed by atoms with Crippen LogP contribution < -0.4 is 0 Å². The number of benzene rings is 2. The fourth-order valence-corrected chi connectivity index (χ4v) is 3.06. The molecular weight excluding hydrogens is 292 g/mol. The van der Waals surface area contributed by atoms with Gasteiger partial charge in [-0.2, -0.15) is 0 Å². The molecule has 2 saturated heterocycles. The molecule has 0 aromatic heterocycles. The summed E-state index contributed by atoms with van der Waals surface area (Å²) in [4.78, 5) is 0. The zero-order chi connectivity index (χ0) is 15.5. The van der Waals surface area contributed by atoms with Crippen LogP contribution in [0.4, 0.5) is 0 Å². The van der Waals surface area contributed by atoms with Crippen molar-refractivity contribution in [2.24, 2.45) is 0 Å². The van der Waals surface area contributed by atoms with Crippen LogP contribution in [0.3, 0.4) is 0 Å². The molecule has 0 amide bonds. The number of rotatable bonds is 6. The Morgan fingerprint density at radius 1 is 0.783 bits per heavy atom. The number of hydrogen-bond acceptors (Lipinski definition) is 4. The van der Waals surface area contributed by atoms with E-state index in [0.717, 1.165) is 11.1 Å². The van der Waals surface area contributed by atoms with Crippen LogP contribution in [0.15, 0.2) is 60.7 Å². The van der Waals surface area contributed by atoms with Crippen LogP contribution >= 0.6 is 0 Å². The molecule has 2 aromatic rings. The van der Waals surface area contributed by atoms with Gasteiger partial charge >= 0.3 is 0 Å². The summed E-state index contributed by atoms with van der Waals surface area (Å²) in [6.07, 6.45) is -0.621. The summed E-state index contributed by atoms with van der Waals surface area (Å²) >= 11 is 0. The van der Waals surface area contributed by atoms with Gasteiger partial charge < -0.3 is 18.9 Å². The molecule has 4 rings (SSSR count). The molecule has 0 unspecified atom stereocenters. The third-order valence-corrected chi connectivity index (χ3v) is 4.26. The van der Waals surface area contributed by atoms with Crippen molar-refractivity contribution >= 4 is 0 Å². The highest BCUT2D eigenvalue weighted by molar-refractivity contribution is 5.14. The van der Waals surface area contributed by atoms with Gasteiger partial charge in [-0.1, -0.05) is 60.7 Å². The summed E-state index contributed by atoms with van der Waals surface area (Å²) < 4.78 is 23.6. The van der Waals surface area contributed by atoms with Gasteiger partial charge in [-0.3, -0.25) is 0 Å². The van der Waals surface area contributed by atoms with Crippen LogP contribution in [0.5, 0.6) is 0 Å². The molecule has 0 aliphatic carbocycles. The van der Waals surface area contributed by atoms with E-state index in [9.17, 15) is 0 Å². The third-order valence-electron chi connectivity index (χ3n) is 4.26. The monoisotopic (exact) mass is 312 g/mol. The summed E-state index contributed by atoms with van der Waals surface area (Å²) in [7, 11) is 0. The van der Waals surface area contributed by atoms with E-state index in [4.69, 9.17) is 18.9 Å². The minimum atomic E-state index is -0.315. The van der Waals surface area contributed by atoms with Crippen LogP contribution in [0.1, 0.15) is 11.1 Å². The van der Waals surface area contributed by atoms with Gasteiger partial charge in [0.15, 0.2) is 6.29 Å². The first-order valence-electron chi connectivity index (χ1n) is 7.98. The first-order chi connectivity index (χ1) is 11.4. The predicted molar refractivity (Wildman–Crippen MR) is 84.7 cm³/mol. The lowest BCUT2D eigenvalue weighted by atomic mass is 10.1. The molecule has 120 valence electrons. The Morgan fingerprint density at radius 3 is 1.96 bits per heavy atom. The van der Waals surface area contributed by atoms with Crippen LogP contribution in [0.2, 0.25) is 0 Å². The van der Waals surface area contributed by atoms with Crippen LogP contribution in [0, 0.1) is 0 Å². The minimum absolute atomic E-state index is 0.0375. The van der Waals surface area contributed by atoms with E-state index in [-0.39, 0.29) is 24.6 Å². The molecule has 4 nitrogen and oxygen atoms in total. The van der Waals surface area contributed by atoms with Gasteiger partial charge in [0.2, 0.25) is 0 Å². The third kappa shape index (κ3) is 3.31. The molecule has 0 N–H and O–H groups in total. The maximum Gasteiger partial charge on any atom is 0.187 e. The average Bonchev–Trinajstić information content (AvgIpc) is 3.21. The van der Waals surface area contributed by atoms with Crippen molar-refractivity contribution in [1.82, 2.24) is 0 Å². The Bertz CT molecular complexity index is 560. The molecule has 4 heteroatoms. The van der Waals surface area contributed by atoms with Gasteiger partial charge in [-0.15, -0.1) is 0 Å². The lowest BCUT2D eigenvalue weighted by molar-refractivity contribution is -0.157. The molecule has 0 spiro atoms. The van der Waals surface area contributed by atoms with Crippen molar-refractivity contribution in [3.05, 3.63) is 71.8 Å². The molecule has 0 radical (unpaired) electrons. The molecule has 4 atom stereocenters. The average molecular weight is 312 g/mol. The zero-order valence-electron chi connectivity index (χ0n) is 12.8. The Kier molecular flexibility index (Phi) is 4.39. The van der Waals surface area contributed by atoms with E-state index in [1.54, 1.807) is 0 Å². The van der Waals surface area contributed by atoms with Crippen molar-refractivity contribution < 1.29 is 18.9 Å². The first kappa shape index (κ1) is 14.8. The molecule has 2 aliphatic heterocycles. The van der Waals surface area contributed by atoms with Crippen molar-refractivity contribution in [1.29, 1.82) is 0 Å². The van der Waals surface area contributed by atoms with E-state index < -0.39 is 0 Å². The van der Waals surface area contributed by atoms with Crippen molar-refractivity contribution in [2.75, 3.05) is 6.61 Å². The number of ether oxygens (including phenoxy) is 4. The lowest BCUT2D eigenvalue weighted by Crippen LogP contribution is -2.43. The minimum Gasteiger partial charge on any atom is -0.368 e. The van der Waals surface area contributed by atoms with Gasteiger partial charge in [0.25, 0.3) is 0 Å². The Morgan fingerprint density at radius 2 is 1.35 bits per heavy atom. The van der Waals surface area contributed by atoms with Crippen molar-refractivity contribution in [3.63, 3.8) is 0 Å². The molecule has 2 aromatic carbocycles. The summed E-state index contributed by atoms with van der Waals surface area (Å²) in [5, 5.41) is 0. The quantitative estimate of drug-likeness (QED) is 0.822. The number of hydrogen-bond donors (Lipinski definition) is 0. The molecule has 2 fully saturated rings. The second kappa shape index (κ2) is 6.81. The van der Waals surface area contributed by atoms with Gasteiger partial charge in [0.1, 0.15) is 18.3 Å². The van der Waals surface area contributed by atoms with Gasteiger partial charge in [-0.05, 0) is 11.1 Å². The van der Waals surface area contributed by atoms with E-state index >= 15 is 0 Å². The first-order valence-corrected chi connectivity index (χ1v) is 7.98. The Balaban J connectivity index is 1.38. The second-order valence-corrected chi connectivity index (χ2v) is 5.90. The lowest BCUT2D eigenvalue weighted by Gasteiger charge is -2.28. The van der Waals surface area contributed by atoms with E-state index in [2.05, 4.69) is 24.3 Å². The fraction of sp³-hybridized carbons (Fsp3) is 0.368. The summed E-state index contributed by atoms with van der Waals surface area (Å²) in [5.41, 5.74) is 2.29. The van der Waals surface area contributed by atoms with Gasteiger partial charge in [0, 0.05) is 0 Å². The normalized spacial score (nSPS) is 29.0. The smallest absolute Gasteiger partial charge is 0.187 e. The second-order valence-electron chi connectivity index (χ2n) is 5.90. The van der Waals surface area contributed by atoms with Gasteiger partial charge in [-0.25, -0.2) is 0 Å². The van der Waals surface area contributed by atoms with E-state index in [0.29, 0.717) is 19.8 Å². The molecule has 0 saturated carbocycles. The molecular formula is C19H20O4. The van der Waals surface area contributed by atoms with Gasteiger partial charge in [0.05, 0.1) is 19.8 Å². The molecule has 23 heavy (non-hydrogen) atoms. The highest BCUT2D eigenvalue weighted by atomic mass is 16.8. The zero-order valence-corrected chi connectivity index (χ0v) is 12.8. The van der Waals surface area contributed by atoms with Crippen molar-refractivity contribution in [3.8, 4) is 0 Å². The Hall–Kier alpha value is -1.72. The fourth-order valence-electron chi connectivity index (χ4n) is 3.06. The summed E-state index contributed by atoms with van der Waals surface area (Å²) in [5.74, 6) is 0. The Labute approximate surface area is 135 Å². The topological polar surface area (TPSA) is 36.9 Å². The van der Waals surface area contributed by atoms with Crippen LogP contribution in [-0.2, 0) is 32.2 Å². The van der Waals surface area contributed by atoms with Crippen LogP contribution in [-0.4, -0.2) is 31.2 Å².